The maximum Gasteiger partial charge on any atom is 0.186 e. The van der Waals surface area contributed by atoms with E-state index in [0.29, 0.717) is 26.4 Å². The highest BCUT2D eigenvalue weighted by Gasteiger charge is 2.51. The molecule has 6 atom stereocenters. The van der Waals surface area contributed by atoms with Gasteiger partial charge in [0.25, 0.3) is 0 Å². The second-order valence-electron chi connectivity index (χ2n) is 11.6. The Bertz CT molecular complexity index is 1170. The second kappa shape index (κ2) is 18.6. The molecule has 44 heavy (non-hydrogen) atoms. The molecule has 7 heteroatoms. The Morgan fingerprint density at radius 1 is 0.591 bits per heavy atom. The molecule has 238 valence electrons. The number of hydrogen-bond donors (Lipinski definition) is 0. The average molecular weight is 623 g/mol. The van der Waals surface area contributed by atoms with Gasteiger partial charge in [-0.15, -0.1) is 11.6 Å². The van der Waals surface area contributed by atoms with Crippen molar-refractivity contribution >= 4 is 11.6 Å². The van der Waals surface area contributed by atoms with E-state index in [2.05, 4.69) is 24.3 Å². The van der Waals surface area contributed by atoms with E-state index in [0.717, 1.165) is 41.8 Å². The molecular weight excluding hydrogens is 576 g/mol. The van der Waals surface area contributed by atoms with Crippen LogP contribution in [-0.4, -0.2) is 49.8 Å². The molecule has 0 amide bonds. The Labute approximate surface area is 267 Å². The topological polar surface area (TPSA) is 55.4 Å². The van der Waals surface area contributed by atoms with Gasteiger partial charge in [0.05, 0.1) is 19.8 Å². The molecule has 2 aliphatic rings. The molecule has 0 aliphatic carbocycles. The smallest absolute Gasteiger partial charge is 0.186 e. The SMILES string of the molecule is ClCCCCCCCCCCO[C@H]1O[C@@H]2COC(c3ccccc3)O[C@@H]2[C@H](OCc2ccccc2)[C@H]1OCc1ccccc1. The van der Waals surface area contributed by atoms with Gasteiger partial charge in [0.2, 0.25) is 0 Å². The predicted molar refractivity (Wildman–Crippen MR) is 172 cm³/mol. The van der Waals surface area contributed by atoms with Crippen LogP contribution in [0.25, 0.3) is 0 Å². The first-order valence-electron chi connectivity index (χ1n) is 16.3. The molecule has 6 nitrogen and oxygen atoms in total. The van der Waals surface area contributed by atoms with Gasteiger partial charge in [0, 0.05) is 18.1 Å². The van der Waals surface area contributed by atoms with Crippen molar-refractivity contribution in [1.82, 2.24) is 0 Å². The predicted octanol–water partition coefficient (Wildman–Crippen LogP) is 8.37. The second-order valence-corrected chi connectivity index (χ2v) is 12.0. The van der Waals surface area contributed by atoms with Crippen molar-refractivity contribution in [2.24, 2.45) is 0 Å². The molecule has 1 unspecified atom stereocenters. The lowest BCUT2D eigenvalue weighted by molar-refractivity contribution is -0.372. The van der Waals surface area contributed by atoms with Gasteiger partial charge < -0.3 is 28.4 Å². The first-order chi connectivity index (χ1) is 21.8. The molecule has 0 saturated carbocycles. The van der Waals surface area contributed by atoms with Gasteiger partial charge in [-0.2, -0.15) is 0 Å². The maximum atomic E-state index is 6.68. The highest BCUT2D eigenvalue weighted by molar-refractivity contribution is 6.17. The van der Waals surface area contributed by atoms with Crippen molar-refractivity contribution in [2.45, 2.75) is 102 Å². The van der Waals surface area contributed by atoms with Crippen LogP contribution in [-0.2, 0) is 41.6 Å². The highest BCUT2D eigenvalue weighted by Crippen LogP contribution is 2.37. The molecule has 0 bridgehead atoms. The molecule has 2 fully saturated rings. The lowest BCUT2D eigenvalue weighted by atomic mass is 9.97. The average Bonchev–Trinajstić information content (AvgIpc) is 3.08. The van der Waals surface area contributed by atoms with Crippen molar-refractivity contribution in [2.75, 3.05) is 19.1 Å². The molecule has 0 aromatic heterocycles. The summed E-state index contributed by atoms with van der Waals surface area (Å²) in [5, 5.41) is 0. The van der Waals surface area contributed by atoms with Crippen molar-refractivity contribution < 1.29 is 28.4 Å². The first kappa shape index (κ1) is 33.1. The van der Waals surface area contributed by atoms with E-state index in [9.17, 15) is 0 Å². The minimum absolute atomic E-state index is 0.342. The Morgan fingerprint density at radius 2 is 1.14 bits per heavy atom. The fourth-order valence-electron chi connectivity index (χ4n) is 5.82. The Balaban J connectivity index is 1.26. The molecule has 5 rings (SSSR count). The number of hydrogen-bond acceptors (Lipinski definition) is 6. The number of fused-ring (bicyclic) bond motifs is 1. The van der Waals surface area contributed by atoms with Crippen molar-refractivity contribution in [1.29, 1.82) is 0 Å². The number of rotatable bonds is 18. The quantitative estimate of drug-likeness (QED) is 0.105. The van der Waals surface area contributed by atoms with E-state index >= 15 is 0 Å². The summed E-state index contributed by atoms with van der Waals surface area (Å²) >= 11 is 5.79. The van der Waals surface area contributed by atoms with E-state index in [4.69, 9.17) is 40.0 Å². The summed E-state index contributed by atoms with van der Waals surface area (Å²) in [6, 6.07) is 30.4. The summed E-state index contributed by atoms with van der Waals surface area (Å²) in [7, 11) is 0. The zero-order valence-electron chi connectivity index (χ0n) is 25.6. The van der Waals surface area contributed by atoms with E-state index in [1.54, 1.807) is 0 Å². The number of alkyl halides is 1. The Hall–Kier alpha value is -2.29. The van der Waals surface area contributed by atoms with Gasteiger partial charge in [-0.3, -0.25) is 0 Å². The summed E-state index contributed by atoms with van der Waals surface area (Å²) in [5.41, 5.74) is 3.13. The van der Waals surface area contributed by atoms with Crippen LogP contribution in [0.1, 0.15) is 74.3 Å². The van der Waals surface area contributed by atoms with Crippen LogP contribution in [0.4, 0.5) is 0 Å². The lowest BCUT2D eigenvalue weighted by Gasteiger charge is -2.49. The summed E-state index contributed by atoms with van der Waals surface area (Å²) in [6.07, 6.45) is 6.68. The summed E-state index contributed by atoms with van der Waals surface area (Å²) < 4.78 is 39.0. The van der Waals surface area contributed by atoms with Crippen LogP contribution in [0, 0.1) is 0 Å². The van der Waals surface area contributed by atoms with Crippen LogP contribution >= 0.6 is 11.6 Å². The monoisotopic (exact) mass is 622 g/mol. The summed E-state index contributed by atoms with van der Waals surface area (Å²) in [4.78, 5) is 0. The largest absolute Gasteiger partial charge is 0.368 e. The third-order valence-electron chi connectivity index (χ3n) is 8.24. The molecule has 0 N–H and O–H groups in total. The van der Waals surface area contributed by atoms with Crippen LogP contribution in [0.3, 0.4) is 0 Å². The third kappa shape index (κ3) is 10.1. The van der Waals surface area contributed by atoms with Crippen molar-refractivity contribution in [3.8, 4) is 0 Å². The van der Waals surface area contributed by atoms with Crippen LogP contribution in [0.5, 0.6) is 0 Å². The van der Waals surface area contributed by atoms with Gasteiger partial charge in [-0.1, -0.05) is 130 Å². The standard InChI is InChI=1S/C37H47ClO6/c38-24-16-5-3-1-2-4-6-17-25-39-37-35(41-27-30-20-12-8-13-21-30)34(40-26-29-18-10-7-11-19-29)33-32(43-37)28-42-36(44-33)31-22-14-9-15-23-31/h7-15,18-23,32-37H,1-6,16-17,24-28H2/t32-,33+,34+,35-,36?,37+/m1/s1. The minimum Gasteiger partial charge on any atom is -0.368 e. The van der Waals surface area contributed by atoms with Crippen LogP contribution in [0.2, 0.25) is 0 Å². The van der Waals surface area contributed by atoms with Crippen molar-refractivity contribution in [3.63, 3.8) is 0 Å². The van der Waals surface area contributed by atoms with E-state index in [1.807, 2.05) is 66.7 Å². The van der Waals surface area contributed by atoms with Crippen LogP contribution in [0.15, 0.2) is 91.0 Å². The number of benzene rings is 3. The van der Waals surface area contributed by atoms with Gasteiger partial charge in [-0.05, 0) is 24.0 Å². The first-order valence-corrected chi connectivity index (χ1v) is 16.8. The van der Waals surface area contributed by atoms with Crippen LogP contribution < -0.4 is 0 Å². The van der Waals surface area contributed by atoms with E-state index in [-0.39, 0.29) is 6.10 Å². The molecule has 0 spiro atoms. The zero-order chi connectivity index (χ0) is 30.2. The fourth-order valence-corrected chi connectivity index (χ4v) is 6.01. The number of ether oxygens (including phenoxy) is 6. The molecule has 2 saturated heterocycles. The summed E-state index contributed by atoms with van der Waals surface area (Å²) in [6.45, 7) is 1.82. The van der Waals surface area contributed by atoms with Gasteiger partial charge in [-0.25, -0.2) is 0 Å². The van der Waals surface area contributed by atoms with Crippen molar-refractivity contribution in [3.05, 3.63) is 108 Å². The van der Waals surface area contributed by atoms with Gasteiger partial charge in [0.15, 0.2) is 12.6 Å². The Morgan fingerprint density at radius 3 is 1.75 bits per heavy atom. The molecule has 0 radical (unpaired) electrons. The van der Waals surface area contributed by atoms with E-state index in [1.165, 1.54) is 32.1 Å². The Kier molecular flexibility index (Phi) is 14.0. The maximum absolute atomic E-state index is 6.68. The molecule has 3 aromatic carbocycles. The normalized spacial score (nSPS) is 25.0. The zero-order valence-corrected chi connectivity index (χ0v) is 26.4. The molecule has 2 aliphatic heterocycles. The molecular formula is C37H47ClO6. The highest BCUT2D eigenvalue weighted by atomic mass is 35.5. The number of unbranched alkanes of at least 4 members (excludes halogenated alkanes) is 7. The fraction of sp³-hybridized carbons (Fsp3) is 0.514. The minimum atomic E-state index is -0.600. The molecule has 3 aromatic rings. The third-order valence-corrected chi connectivity index (χ3v) is 8.50. The van der Waals surface area contributed by atoms with Gasteiger partial charge in [0.1, 0.15) is 24.4 Å². The number of halogens is 1. The lowest BCUT2D eigenvalue weighted by Crippen LogP contribution is -2.63. The summed E-state index contributed by atoms with van der Waals surface area (Å²) in [5.74, 6) is 0.766. The van der Waals surface area contributed by atoms with E-state index < -0.39 is 30.9 Å². The molecule has 2 heterocycles. The van der Waals surface area contributed by atoms with Gasteiger partial charge >= 0.3 is 0 Å².